The number of carbonyl (C=O) groups excluding carboxylic acids is 1. The number of aliphatic hydroxyl groups excluding tert-OH is 1. The fourth-order valence-corrected chi connectivity index (χ4v) is 6.48. The monoisotopic (exact) mass is 560 g/mol. The average Bonchev–Trinajstić information content (AvgIpc) is 2.83. The molecule has 4 rings (SSSR count). The number of hydrogen-bond acceptors (Lipinski definition) is 6. The topological polar surface area (TPSA) is 105 Å². The second kappa shape index (κ2) is 11.7. The van der Waals surface area contributed by atoms with Gasteiger partial charge < -0.3 is 19.9 Å². The number of amides is 1. The van der Waals surface area contributed by atoms with Gasteiger partial charge in [0.15, 0.2) is 0 Å². The lowest BCUT2D eigenvalue weighted by Gasteiger charge is -2.43. The Kier molecular flexibility index (Phi) is 8.87. The van der Waals surface area contributed by atoms with Gasteiger partial charge in [0.2, 0.25) is 15.9 Å². The first-order valence-corrected chi connectivity index (χ1v) is 13.7. The molecular weight excluding hydrogens is 534 g/mol. The maximum atomic E-state index is 13.4. The normalized spacial score (nSPS) is 25.4. The summed E-state index contributed by atoms with van der Waals surface area (Å²) in [5.41, 5.74) is 0.802. The summed E-state index contributed by atoms with van der Waals surface area (Å²) in [6.07, 6.45) is -1.14. The summed E-state index contributed by atoms with van der Waals surface area (Å²) in [5, 5.41) is 13.9. The predicted octanol–water partition coefficient (Wildman–Crippen LogP) is 3.14. The standard InChI is InChI=1S/C24H27Cl2FN2O6S/c25-20-7-1-15(9-21(20)26)11-28-24(31)10-18-4-8-22-23(35-18)14-34-13-17(30)12-29(22)36(32,33)19-5-2-16(27)3-6-19/h1-3,5-7,9,17-18,22-23,30H,4,8,10-14H2,(H,28,31)/t17-,18+,22+,23-/m1/s1. The van der Waals surface area contributed by atoms with Gasteiger partial charge in [-0.3, -0.25) is 4.79 Å². The van der Waals surface area contributed by atoms with Gasteiger partial charge in [-0.2, -0.15) is 4.31 Å². The largest absolute Gasteiger partial charge is 0.389 e. The molecule has 2 aliphatic heterocycles. The Morgan fingerprint density at radius 3 is 2.58 bits per heavy atom. The van der Waals surface area contributed by atoms with E-state index in [0.29, 0.717) is 22.9 Å². The highest BCUT2D eigenvalue weighted by Crippen LogP contribution is 2.31. The smallest absolute Gasteiger partial charge is 0.243 e. The molecule has 2 heterocycles. The third-order valence-electron chi connectivity index (χ3n) is 6.24. The van der Waals surface area contributed by atoms with Crippen LogP contribution in [-0.4, -0.2) is 67.8 Å². The molecule has 2 aromatic carbocycles. The molecule has 12 heteroatoms. The van der Waals surface area contributed by atoms with Crippen LogP contribution in [0.1, 0.15) is 24.8 Å². The van der Waals surface area contributed by atoms with Crippen molar-refractivity contribution in [2.24, 2.45) is 0 Å². The van der Waals surface area contributed by atoms with E-state index in [0.717, 1.165) is 17.7 Å². The number of hydrogen-bond donors (Lipinski definition) is 2. The summed E-state index contributed by atoms with van der Waals surface area (Å²) in [6.45, 7) is 0.105. The van der Waals surface area contributed by atoms with E-state index in [9.17, 15) is 22.7 Å². The SMILES string of the molecule is O=C(C[C@@H]1CC[C@H]2[C@@H](COC[C@H](O)CN2S(=O)(=O)c2ccc(F)cc2)O1)NCc1ccc(Cl)c(Cl)c1. The van der Waals surface area contributed by atoms with Gasteiger partial charge in [-0.1, -0.05) is 29.3 Å². The van der Waals surface area contributed by atoms with Gasteiger partial charge in [0.25, 0.3) is 0 Å². The molecule has 0 aromatic heterocycles. The van der Waals surface area contributed by atoms with Crippen LogP contribution in [0.2, 0.25) is 10.0 Å². The second-order valence-electron chi connectivity index (χ2n) is 8.89. The minimum Gasteiger partial charge on any atom is -0.389 e. The zero-order chi connectivity index (χ0) is 25.9. The summed E-state index contributed by atoms with van der Waals surface area (Å²) in [7, 11) is -4.04. The molecule has 2 aliphatic rings. The number of rotatable bonds is 6. The molecular formula is C24H27Cl2FN2O6S. The Hall–Kier alpha value is -1.79. The van der Waals surface area contributed by atoms with E-state index in [4.69, 9.17) is 32.7 Å². The number of β-amino-alcohol motifs (C(OH)–C–C–N with tert-alkyl or cyclic N) is 1. The highest BCUT2D eigenvalue weighted by atomic mass is 35.5. The van der Waals surface area contributed by atoms with E-state index in [1.165, 1.54) is 16.4 Å². The van der Waals surface area contributed by atoms with Crippen LogP contribution in [0.3, 0.4) is 0 Å². The number of nitrogens with one attached hydrogen (secondary N) is 1. The van der Waals surface area contributed by atoms with Gasteiger partial charge in [-0.05, 0) is 54.8 Å². The van der Waals surface area contributed by atoms with Crippen molar-refractivity contribution in [3.8, 4) is 0 Å². The fourth-order valence-electron chi connectivity index (χ4n) is 4.44. The highest BCUT2D eigenvalue weighted by molar-refractivity contribution is 7.89. The first-order valence-electron chi connectivity index (χ1n) is 11.5. The molecule has 0 radical (unpaired) electrons. The Labute approximate surface area is 219 Å². The third-order valence-corrected chi connectivity index (χ3v) is 8.88. The molecule has 0 bridgehead atoms. The number of carbonyl (C=O) groups is 1. The Morgan fingerprint density at radius 1 is 1.11 bits per heavy atom. The minimum atomic E-state index is -4.04. The van der Waals surface area contributed by atoms with Crippen molar-refractivity contribution in [3.63, 3.8) is 0 Å². The molecule has 0 saturated carbocycles. The first-order chi connectivity index (χ1) is 17.1. The summed E-state index contributed by atoms with van der Waals surface area (Å²) < 4.78 is 53.1. The fraction of sp³-hybridized carbons (Fsp3) is 0.458. The number of halogens is 3. The van der Waals surface area contributed by atoms with Crippen molar-refractivity contribution in [2.75, 3.05) is 19.8 Å². The Morgan fingerprint density at radius 2 is 1.86 bits per heavy atom. The summed E-state index contributed by atoms with van der Waals surface area (Å²) in [6, 6.07) is 9.07. The van der Waals surface area contributed by atoms with Gasteiger partial charge >= 0.3 is 0 Å². The van der Waals surface area contributed by atoms with E-state index < -0.39 is 40.2 Å². The van der Waals surface area contributed by atoms with Gasteiger partial charge in [0, 0.05) is 13.1 Å². The number of nitrogens with zero attached hydrogens (tertiary/aromatic N) is 1. The molecule has 0 aliphatic carbocycles. The number of ether oxygens (including phenoxy) is 2. The van der Waals surface area contributed by atoms with Crippen LogP contribution in [-0.2, 0) is 30.8 Å². The molecule has 196 valence electrons. The van der Waals surface area contributed by atoms with Gasteiger partial charge in [0.05, 0.1) is 58.9 Å². The first kappa shape index (κ1) is 27.3. The van der Waals surface area contributed by atoms with Gasteiger partial charge in [0.1, 0.15) is 5.82 Å². The van der Waals surface area contributed by atoms with Gasteiger partial charge in [-0.25, -0.2) is 12.8 Å². The summed E-state index contributed by atoms with van der Waals surface area (Å²) in [4.78, 5) is 12.5. The quantitative estimate of drug-likeness (QED) is 0.562. The maximum Gasteiger partial charge on any atom is 0.243 e. The molecule has 4 atom stereocenters. The van der Waals surface area contributed by atoms with Crippen LogP contribution in [0.25, 0.3) is 0 Å². The summed E-state index contributed by atoms with van der Waals surface area (Å²) in [5.74, 6) is -0.767. The van der Waals surface area contributed by atoms with E-state index in [2.05, 4.69) is 5.32 Å². The molecule has 2 aromatic rings. The molecule has 0 spiro atoms. The lowest BCUT2D eigenvalue weighted by molar-refractivity contribution is -0.146. The number of aliphatic hydroxyl groups is 1. The molecule has 2 fully saturated rings. The van der Waals surface area contributed by atoms with Crippen LogP contribution in [0.5, 0.6) is 0 Å². The van der Waals surface area contributed by atoms with Crippen molar-refractivity contribution in [3.05, 3.63) is 63.9 Å². The number of fused-ring (bicyclic) bond motifs is 1. The molecule has 2 saturated heterocycles. The van der Waals surface area contributed by atoms with Crippen LogP contribution in [0, 0.1) is 5.82 Å². The maximum absolute atomic E-state index is 13.4. The average molecular weight is 561 g/mol. The molecule has 8 nitrogen and oxygen atoms in total. The lowest BCUT2D eigenvalue weighted by Crippen LogP contribution is -2.57. The van der Waals surface area contributed by atoms with Crippen LogP contribution in [0.4, 0.5) is 4.39 Å². The Balaban J connectivity index is 1.42. The van der Waals surface area contributed by atoms with E-state index in [1.54, 1.807) is 18.2 Å². The molecule has 2 N–H and O–H groups in total. The summed E-state index contributed by atoms with van der Waals surface area (Å²) >= 11 is 11.9. The van der Waals surface area contributed by atoms with Crippen LogP contribution >= 0.6 is 23.2 Å². The third kappa shape index (κ3) is 6.55. The van der Waals surface area contributed by atoms with Crippen molar-refractivity contribution >= 4 is 39.1 Å². The molecule has 36 heavy (non-hydrogen) atoms. The highest BCUT2D eigenvalue weighted by Gasteiger charge is 2.43. The number of benzene rings is 2. The minimum absolute atomic E-state index is 0.0587. The predicted molar refractivity (Wildman–Crippen MR) is 132 cm³/mol. The van der Waals surface area contributed by atoms with Crippen LogP contribution in [0.15, 0.2) is 47.4 Å². The van der Waals surface area contributed by atoms with E-state index >= 15 is 0 Å². The van der Waals surface area contributed by atoms with Crippen molar-refractivity contribution < 1.29 is 32.2 Å². The van der Waals surface area contributed by atoms with E-state index in [-0.39, 0.29) is 43.5 Å². The van der Waals surface area contributed by atoms with Gasteiger partial charge in [-0.15, -0.1) is 0 Å². The van der Waals surface area contributed by atoms with E-state index in [1.807, 2.05) is 0 Å². The lowest BCUT2D eigenvalue weighted by atomic mass is 9.96. The van der Waals surface area contributed by atoms with Crippen LogP contribution < -0.4 is 5.32 Å². The van der Waals surface area contributed by atoms with Crippen molar-refractivity contribution in [1.29, 1.82) is 0 Å². The van der Waals surface area contributed by atoms with Crippen molar-refractivity contribution in [2.45, 2.75) is 55.1 Å². The zero-order valence-corrected chi connectivity index (χ0v) is 21.6. The van der Waals surface area contributed by atoms with Crippen molar-refractivity contribution in [1.82, 2.24) is 9.62 Å². The number of sulfonamides is 1. The zero-order valence-electron chi connectivity index (χ0n) is 19.3. The Bertz CT molecular complexity index is 1180. The molecule has 1 amide bonds. The molecule has 0 unspecified atom stereocenters. The second-order valence-corrected chi connectivity index (χ2v) is 11.6.